The molecule has 0 aliphatic heterocycles. The monoisotopic (exact) mass is 398 g/mol. The van der Waals surface area contributed by atoms with Crippen LogP contribution in [0.3, 0.4) is 0 Å². The molecule has 3 aromatic rings. The van der Waals surface area contributed by atoms with Crippen LogP contribution < -0.4 is 15.4 Å². The van der Waals surface area contributed by atoms with Crippen molar-refractivity contribution < 1.29 is 14.3 Å². The van der Waals surface area contributed by atoms with Gasteiger partial charge >= 0.3 is 0 Å². The van der Waals surface area contributed by atoms with Gasteiger partial charge in [-0.2, -0.15) is 0 Å². The predicted octanol–water partition coefficient (Wildman–Crippen LogP) is 5.02. The van der Waals surface area contributed by atoms with Gasteiger partial charge < -0.3 is 15.4 Å². The van der Waals surface area contributed by atoms with Crippen LogP contribution in [0.15, 0.2) is 84.9 Å². The summed E-state index contributed by atoms with van der Waals surface area (Å²) in [7, 11) is 0. The van der Waals surface area contributed by atoms with Crippen LogP contribution in [0.5, 0.6) is 11.5 Å². The van der Waals surface area contributed by atoms with E-state index < -0.39 is 0 Å². The van der Waals surface area contributed by atoms with Gasteiger partial charge in [0.25, 0.3) is 5.91 Å². The highest BCUT2D eigenvalue weighted by molar-refractivity contribution is 6.03. The average Bonchev–Trinajstić information content (AvgIpc) is 3.59. The fourth-order valence-electron chi connectivity index (χ4n) is 2.86. The van der Waals surface area contributed by atoms with E-state index in [0.29, 0.717) is 28.8 Å². The molecule has 1 saturated carbocycles. The van der Waals surface area contributed by atoms with E-state index in [-0.39, 0.29) is 11.8 Å². The third kappa shape index (κ3) is 5.35. The first-order valence-corrected chi connectivity index (χ1v) is 9.89. The standard InChI is InChI=1S/C25H22N2O3/c28-24(17-12-18-10-13-19(14-11-18)25(29)26-20-15-16-20)27-22-8-4-5-9-23(22)30-21-6-2-1-3-7-21/h1-14,17,20H,15-16H2,(H,26,29)(H,27,28)/b17-12+. The number of rotatable bonds is 7. The average molecular weight is 398 g/mol. The molecule has 0 heterocycles. The normalized spacial score (nSPS) is 13.1. The van der Waals surface area contributed by atoms with Crippen molar-refractivity contribution in [3.63, 3.8) is 0 Å². The van der Waals surface area contributed by atoms with Gasteiger partial charge in [-0.3, -0.25) is 9.59 Å². The Kier molecular flexibility index (Phi) is 5.90. The Bertz CT molecular complexity index is 1060. The van der Waals surface area contributed by atoms with Gasteiger partial charge in [0.15, 0.2) is 5.75 Å². The lowest BCUT2D eigenvalue weighted by atomic mass is 10.1. The Morgan fingerprint density at radius 1 is 0.867 bits per heavy atom. The number of carbonyl (C=O) groups excluding carboxylic acids is 2. The molecule has 0 atom stereocenters. The molecule has 2 amide bonds. The Morgan fingerprint density at radius 3 is 2.30 bits per heavy atom. The Morgan fingerprint density at radius 2 is 1.57 bits per heavy atom. The lowest BCUT2D eigenvalue weighted by Crippen LogP contribution is -2.25. The molecular formula is C25H22N2O3. The maximum atomic E-state index is 12.4. The van der Waals surface area contributed by atoms with Crippen LogP contribution in [0, 0.1) is 0 Å². The van der Waals surface area contributed by atoms with E-state index in [4.69, 9.17) is 4.74 Å². The second-order valence-corrected chi connectivity index (χ2v) is 7.10. The minimum atomic E-state index is -0.269. The van der Waals surface area contributed by atoms with Crippen LogP contribution in [0.1, 0.15) is 28.8 Å². The number of benzene rings is 3. The summed E-state index contributed by atoms with van der Waals surface area (Å²) in [6.07, 6.45) is 5.28. The molecule has 5 nitrogen and oxygen atoms in total. The van der Waals surface area contributed by atoms with Crippen LogP contribution in [0.2, 0.25) is 0 Å². The summed E-state index contributed by atoms with van der Waals surface area (Å²) in [5, 5.41) is 5.80. The number of para-hydroxylation sites is 3. The molecule has 0 saturated heterocycles. The van der Waals surface area contributed by atoms with Crippen LogP contribution in [-0.4, -0.2) is 17.9 Å². The molecule has 0 radical (unpaired) electrons. The maximum Gasteiger partial charge on any atom is 0.251 e. The molecule has 1 aliphatic carbocycles. The summed E-state index contributed by atoms with van der Waals surface area (Å²) in [5.41, 5.74) is 2.04. The summed E-state index contributed by atoms with van der Waals surface area (Å²) in [6, 6.07) is 24.2. The Labute approximate surface area is 175 Å². The van der Waals surface area contributed by atoms with Crippen molar-refractivity contribution in [2.24, 2.45) is 0 Å². The Balaban J connectivity index is 1.37. The zero-order valence-corrected chi connectivity index (χ0v) is 16.4. The first-order chi connectivity index (χ1) is 14.7. The number of ether oxygens (including phenoxy) is 1. The van der Waals surface area contributed by atoms with Crippen molar-refractivity contribution in [1.82, 2.24) is 5.32 Å². The largest absolute Gasteiger partial charge is 0.455 e. The number of nitrogens with one attached hydrogen (secondary N) is 2. The molecule has 30 heavy (non-hydrogen) atoms. The zero-order chi connectivity index (χ0) is 20.8. The minimum absolute atomic E-state index is 0.0548. The molecule has 5 heteroatoms. The molecule has 0 aromatic heterocycles. The number of hydrogen-bond donors (Lipinski definition) is 2. The SMILES string of the molecule is O=C(/C=C/c1ccc(C(=O)NC2CC2)cc1)Nc1ccccc1Oc1ccccc1. The highest BCUT2D eigenvalue weighted by Crippen LogP contribution is 2.29. The van der Waals surface area contributed by atoms with E-state index in [1.807, 2.05) is 54.6 Å². The lowest BCUT2D eigenvalue weighted by molar-refractivity contribution is -0.111. The molecule has 4 rings (SSSR count). The molecule has 0 spiro atoms. The molecule has 150 valence electrons. The Hall–Kier alpha value is -3.86. The highest BCUT2D eigenvalue weighted by Gasteiger charge is 2.23. The molecule has 0 bridgehead atoms. The van der Waals surface area contributed by atoms with Crippen molar-refractivity contribution in [1.29, 1.82) is 0 Å². The van der Waals surface area contributed by atoms with Crippen LogP contribution >= 0.6 is 0 Å². The predicted molar refractivity (Wildman–Crippen MR) is 118 cm³/mol. The van der Waals surface area contributed by atoms with Crippen LogP contribution in [0.4, 0.5) is 5.69 Å². The van der Waals surface area contributed by atoms with E-state index in [1.165, 1.54) is 6.08 Å². The number of amides is 2. The van der Waals surface area contributed by atoms with Crippen molar-refractivity contribution >= 4 is 23.6 Å². The molecule has 1 fully saturated rings. The van der Waals surface area contributed by atoms with Crippen molar-refractivity contribution in [2.45, 2.75) is 18.9 Å². The highest BCUT2D eigenvalue weighted by atomic mass is 16.5. The van der Waals surface area contributed by atoms with E-state index in [1.54, 1.807) is 30.3 Å². The third-order valence-corrected chi connectivity index (χ3v) is 4.63. The van der Waals surface area contributed by atoms with Gasteiger partial charge in [0.2, 0.25) is 5.91 Å². The van der Waals surface area contributed by atoms with Gasteiger partial charge in [-0.25, -0.2) is 0 Å². The number of anilines is 1. The topological polar surface area (TPSA) is 67.4 Å². The lowest BCUT2D eigenvalue weighted by Gasteiger charge is -2.11. The van der Waals surface area contributed by atoms with Gasteiger partial charge in [-0.1, -0.05) is 42.5 Å². The fraction of sp³-hybridized carbons (Fsp3) is 0.120. The molecule has 3 aromatic carbocycles. The summed E-state index contributed by atoms with van der Waals surface area (Å²) in [6.45, 7) is 0. The summed E-state index contributed by atoms with van der Waals surface area (Å²) < 4.78 is 5.86. The smallest absolute Gasteiger partial charge is 0.251 e. The van der Waals surface area contributed by atoms with E-state index in [9.17, 15) is 9.59 Å². The number of carbonyl (C=O) groups is 2. The third-order valence-electron chi connectivity index (χ3n) is 4.63. The van der Waals surface area contributed by atoms with Gasteiger partial charge in [0.1, 0.15) is 5.75 Å². The molecular weight excluding hydrogens is 376 g/mol. The second kappa shape index (κ2) is 9.09. The van der Waals surface area contributed by atoms with E-state index >= 15 is 0 Å². The summed E-state index contributed by atoms with van der Waals surface area (Å²) in [5.74, 6) is 0.937. The van der Waals surface area contributed by atoms with Crippen LogP contribution in [0.25, 0.3) is 6.08 Å². The first kappa shape index (κ1) is 19.5. The van der Waals surface area contributed by atoms with Gasteiger partial charge in [0, 0.05) is 17.7 Å². The second-order valence-electron chi connectivity index (χ2n) is 7.10. The quantitative estimate of drug-likeness (QED) is 0.549. The van der Waals surface area contributed by atoms with Gasteiger partial charge in [-0.05, 0) is 60.9 Å². The van der Waals surface area contributed by atoms with Crippen LogP contribution in [-0.2, 0) is 4.79 Å². The molecule has 0 unspecified atom stereocenters. The molecule has 1 aliphatic rings. The zero-order valence-electron chi connectivity index (χ0n) is 16.4. The fourth-order valence-corrected chi connectivity index (χ4v) is 2.86. The minimum Gasteiger partial charge on any atom is -0.455 e. The van der Waals surface area contributed by atoms with Gasteiger partial charge in [-0.15, -0.1) is 0 Å². The van der Waals surface area contributed by atoms with Crippen molar-refractivity contribution in [2.75, 3.05) is 5.32 Å². The molecule has 2 N–H and O–H groups in total. The van der Waals surface area contributed by atoms with Gasteiger partial charge in [0.05, 0.1) is 5.69 Å². The summed E-state index contributed by atoms with van der Waals surface area (Å²) in [4.78, 5) is 24.4. The number of hydrogen-bond acceptors (Lipinski definition) is 3. The van der Waals surface area contributed by atoms with Crippen molar-refractivity contribution in [3.8, 4) is 11.5 Å². The van der Waals surface area contributed by atoms with E-state index in [0.717, 1.165) is 18.4 Å². The van der Waals surface area contributed by atoms with E-state index in [2.05, 4.69) is 10.6 Å². The first-order valence-electron chi connectivity index (χ1n) is 9.89. The maximum absolute atomic E-state index is 12.4. The van der Waals surface area contributed by atoms with Crippen molar-refractivity contribution in [3.05, 3.63) is 96.1 Å². The summed E-state index contributed by atoms with van der Waals surface area (Å²) >= 11 is 0.